The first-order valence-electron chi connectivity index (χ1n) is 11.6. The van der Waals surface area contributed by atoms with Gasteiger partial charge in [-0.15, -0.1) is 0 Å². The van der Waals surface area contributed by atoms with Crippen LogP contribution < -0.4 is 20.9 Å². The van der Waals surface area contributed by atoms with Gasteiger partial charge in [-0.3, -0.25) is 0 Å². The molecule has 0 radical (unpaired) electrons. The second-order valence-electron chi connectivity index (χ2n) is 8.51. The molecule has 1 unspecified atom stereocenters. The Morgan fingerprint density at radius 3 is 2.51 bits per heavy atom. The van der Waals surface area contributed by atoms with Gasteiger partial charge in [0.1, 0.15) is 23.5 Å². The molecule has 1 atom stereocenters. The van der Waals surface area contributed by atoms with E-state index in [9.17, 15) is 18.3 Å². The predicted octanol–water partition coefficient (Wildman–Crippen LogP) is 4.22. The van der Waals surface area contributed by atoms with Crippen molar-refractivity contribution in [1.29, 1.82) is 0 Å². The van der Waals surface area contributed by atoms with Gasteiger partial charge in [0.05, 0.1) is 18.8 Å². The van der Waals surface area contributed by atoms with Gasteiger partial charge in [0.15, 0.2) is 0 Å². The number of aliphatic hydroxyl groups excluding tert-OH is 1. The maximum absolute atomic E-state index is 13.5. The number of aromatic nitrogens is 4. The highest BCUT2D eigenvalue weighted by molar-refractivity contribution is 5.68. The predicted molar refractivity (Wildman–Crippen MR) is 134 cm³/mol. The van der Waals surface area contributed by atoms with E-state index in [2.05, 4.69) is 30.9 Å². The van der Waals surface area contributed by atoms with Crippen molar-refractivity contribution in [1.82, 2.24) is 19.4 Å². The van der Waals surface area contributed by atoms with Crippen molar-refractivity contribution < 1.29 is 23.0 Å². The van der Waals surface area contributed by atoms with Crippen LogP contribution in [-0.4, -0.2) is 57.0 Å². The molecule has 13 heteroatoms. The minimum atomic E-state index is -4.58. The van der Waals surface area contributed by atoms with Crippen molar-refractivity contribution in [2.45, 2.75) is 19.3 Å². The lowest BCUT2D eigenvalue weighted by Gasteiger charge is -2.28. The van der Waals surface area contributed by atoms with Crippen molar-refractivity contribution >= 4 is 40.3 Å². The molecule has 1 fully saturated rings. The average molecular weight is 515 g/mol. The van der Waals surface area contributed by atoms with Crippen LogP contribution in [0.5, 0.6) is 0 Å². The summed E-state index contributed by atoms with van der Waals surface area (Å²) >= 11 is 0. The third kappa shape index (κ3) is 6.01. The number of aliphatic hydroxyl groups is 1. The second-order valence-corrected chi connectivity index (χ2v) is 8.51. The first-order valence-corrected chi connectivity index (χ1v) is 11.6. The number of nitrogens with one attached hydrogen (secondary N) is 3. The Labute approximate surface area is 210 Å². The maximum atomic E-state index is 13.5. The molecule has 1 saturated heterocycles. The Hall–Kier alpha value is -4.10. The van der Waals surface area contributed by atoms with E-state index in [1.165, 1.54) is 13.0 Å². The van der Waals surface area contributed by atoms with Crippen LogP contribution in [0.3, 0.4) is 0 Å². The number of ether oxygens (including phenoxy) is 1. The zero-order valence-electron chi connectivity index (χ0n) is 19.8. The second kappa shape index (κ2) is 10.1. The van der Waals surface area contributed by atoms with Crippen molar-refractivity contribution in [3.63, 3.8) is 0 Å². The number of imidazole rings is 1. The van der Waals surface area contributed by atoms with Gasteiger partial charge < -0.3 is 35.1 Å². The van der Waals surface area contributed by atoms with Crippen LogP contribution in [0.4, 0.5) is 47.8 Å². The van der Waals surface area contributed by atoms with E-state index in [-0.39, 0.29) is 17.3 Å². The molecule has 10 nitrogen and oxygen atoms in total. The molecule has 37 heavy (non-hydrogen) atoms. The van der Waals surface area contributed by atoms with E-state index < -0.39 is 18.0 Å². The van der Waals surface area contributed by atoms with Crippen LogP contribution in [0, 0.1) is 0 Å². The van der Waals surface area contributed by atoms with Gasteiger partial charge in [0, 0.05) is 60.9 Å². The van der Waals surface area contributed by atoms with Crippen LogP contribution in [0.25, 0.3) is 5.65 Å². The molecule has 4 N–H and O–H groups in total. The highest BCUT2D eigenvalue weighted by Crippen LogP contribution is 2.34. The summed E-state index contributed by atoms with van der Waals surface area (Å²) in [5, 5.41) is 18.4. The van der Waals surface area contributed by atoms with Gasteiger partial charge in [-0.25, -0.2) is 4.98 Å². The zero-order chi connectivity index (χ0) is 26.0. The highest BCUT2D eigenvalue weighted by atomic mass is 19.4. The Morgan fingerprint density at radius 2 is 1.76 bits per heavy atom. The number of rotatable bonds is 7. The fourth-order valence-corrected chi connectivity index (χ4v) is 3.96. The number of benzene rings is 1. The monoisotopic (exact) mass is 514 g/mol. The average Bonchev–Trinajstić information content (AvgIpc) is 3.31. The molecule has 1 aliphatic rings. The molecule has 0 aliphatic carbocycles. The van der Waals surface area contributed by atoms with Crippen LogP contribution in [0.1, 0.15) is 12.5 Å². The van der Waals surface area contributed by atoms with E-state index in [1.807, 2.05) is 33.8 Å². The summed E-state index contributed by atoms with van der Waals surface area (Å²) in [7, 11) is 0. The van der Waals surface area contributed by atoms with Gasteiger partial charge in [0.25, 0.3) is 0 Å². The van der Waals surface area contributed by atoms with Gasteiger partial charge in [0.2, 0.25) is 5.95 Å². The number of alkyl halides is 3. The van der Waals surface area contributed by atoms with Crippen LogP contribution in [-0.2, 0) is 10.9 Å². The quantitative estimate of drug-likeness (QED) is 0.269. The molecule has 1 aliphatic heterocycles. The number of nitrogens with zero attached hydrogens (tertiary/aromatic N) is 5. The van der Waals surface area contributed by atoms with Crippen molar-refractivity contribution in [2.75, 3.05) is 47.2 Å². The van der Waals surface area contributed by atoms with Gasteiger partial charge in [-0.05, 0) is 31.2 Å². The summed E-state index contributed by atoms with van der Waals surface area (Å²) in [6.07, 6.45) is -0.245. The minimum Gasteiger partial charge on any atom is -0.378 e. The van der Waals surface area contributed by atoms with E-state index in [1.54, 1.807) is 12.3 Å². The summed E-state index contributed by atoms with van der Waals surface area (Å²) < 4.78 is 47.9. The van der Waals surface area contributed by atoms with Crippen molar-refractivity contribution in [3.05, 3.63) is 60.6 Å². The Bertz CT molecular complexity index is 1390. The van der Waals surface area contributed by atoms with E-state index >= 15 is 0 Å². The molecule has 5 rings (SSSR count). The molecule has 4 heterocycles. The first kappa shape index (κ1) is 24.6. The van der Waals surface area contributed by atoms with E-state index in [4.69, 9.17) is 4.74 Å². The SMILES string of the molecule is CC(O)Nc1cc(Nc2nc(Nc3ccn4ccnc4c3)cc(N3CCOCC3)n2)cc(C(F)(F)F)c1. The molecule has 0 bridgehead atoms. The topological polar surface area (TPSA) is 112 Å². The van der Waals surface area contributed by atoms with E-state index in [0.29, 0.717) is 37.9 Å². The molecule has 3 aromatic heterocycles. The van der Waals surface area contributed by atoms with Crippen LogP contribution >= 0.6 is 0 Å². The summed E-state index contributed by atoms with van der Waals surface area (Å²) in [6, 6.07) is 8.84. The number of fused-ring (bicyclic) bond motifs is 1. The Morgan fingerprint density at radius 1 is 0.973 bits per heavy atom. The lowest BCUT2D eigenvalue weighted by molar-refractivity contribution is -0.137. The number of halogens is 3. The van der Waals surface area contributed by atoms with Gasteiger partial charge >= 0.3 is 6.18 Å². The molecule has 0 amide bonds. The van der Waals surface area contributed by atoms with Gasteiger partial charge in [-0.2, -0.15) is 23.1 Å². The van der Waals surface area contributed by atoms with Crippen LogP contribution in [0.2, 0.25) is 0 Å². The van der Waals surface area contributed by atoms with E-state index in [0.717, 1.165) is 23.5 Å². The smallest absolute Gasteiger partial charge is 0.378 e. The van der Waals surface area contributed by atoms with Crippen molar-refractivity contribution in [2.24, 2.45) is 0 Å². The first-order chi connectivity index (χ1) is 17.7. The standard InChI is InChI=1S/C24H25F3N8O2/c1-15(36)29-18-10-16(24(25,26)27)11-19(12-18)31-23-32-20(14-22(33-23)35-6-8-37-9-7-35)30-17-2-4-34-5-3-28-21(34)13-17/h2-5,10-15,29,36H,6-9H2,1H3,(H2,30,31,32,33). The largest absolute Gasteiger partial charge is 0.416 e. The number of morpholine rings is 1. The highest BCUT2D eigenvalue weighted by Gasteiger charge is 2.31. The fraction of sp³-hybridized carbons (Fsp3) is 0.292. The number of pyridine rings is 1. The fourth-order valence-electron chi connectivity index (χ4n) is 3.96. The molecular formula is C24H25F3N8O2. The summed E-state index contributed by atoms with van der Waals surface area (Å²) in [5.74, 6) is 1.15. The third-order valence-electron chi connectivity index (χ3n) is 5.61. The normalized spacial score (nSPS) is 15.0. The number of hydrogen-bond acceptors (Lipinski definition) is 9. The van der Waals surface area contributed by atoms with Gasteiger partial charge in [-0.1, -0.05) is 0 Å². The molecule has 0 spiro atoms. The lowest BCUT2D eigenvalue weighted by atomic mass is 10.1. The van der Waals surface area contributed by atoms with Crippen LogP contribution in [0.15, 0.2) is 55.0 Å². The molecule has 1 aromatic carbocycles. The number of hydrogen-bond donors (Lipinski definition) is 4. The number of anilines is 6. The molecule has 4 aromatic rings. The minimum absolute atomic E-state index is 0.100. The summed E-state index contributed by atoms with van der Waals surface area (Å²) in [6.45, 7) is 3.72. The lowest BCUT2D eigenvalue weighted by Crippen LogP contribution is -2.36. The zero-order valence-corrected chi connectivity index (χ0v) is 19.8. The third-order valence-corrected chi connectivity index (χ3v) is 5.61. The maximum Gasteiger partial charge on any atom is 0.416 e. The molecule has 194 valence electrons. The summed E-state index contributed by atoms with van der Waals surface area (Å²) in [4.78, 5) is 15.4. The Kier molecular flexibility index (Phi) is 6.72. The summed E-state index contributed by atoms with van der Waals surface area (Å²) in [5.41, 5.74) is 0.813. The van der Waals surface area contributed by atoms with Crippen molar-refractivity contribution in [3.8, 4) is 0 Å². The molecule has 0 saturated carbocycles. The Balaban J connectivity index is 1.50. The molecular weight excluding hydrogens is 489 g/mol.